The van der Waals surface area contributed by atoms with Crippen LogP contribution in [-0.2, 0) is 54.4 Å². The third-order valence-corrected chi connectivity index (χ3v) is 16.5. The second-order valence-corrected chi connectivity index (χ2v) is 22.8. The van der Waals surface area contributed by atoms with E-state index in [1.54, 1.807) is 26.0 Å². The lowest BCUT2D eigenvalue weighted by Gasteiger charge is -2.30. The second kappa shape index (κ2) is 32.9. The molecule has 0 aromatic heterocycles. The van der Waals surface area contributed by atoms with Gasteiger partial charge in [0.25, 0.3) is 0 Å². The summed E-state index contributed by atoms with van der Waals surface area (Å²) in [7, 11) is 4.95. The minimum atomic E-state index is -1.53. The van der Waals surface area contributed by atoms with Crippen LogP contribution in [0.5, 0.6) is 5.75 Å². The van der Waals surface area contributed by atoms with Gasteiger partial charge in [-0.25, -0.2) is 0 Å². The van der Waals surface area contributed by atoms with Gasteiger partial charge in [0.2, 0.25) is 59.1 Å². The fraction of sp³-hybridized carbons (Fsp3) is 0.591. The van der Waals surface area contributed by atoms with Crippen molar-refractivity contribution in [2.45, 2.75) is 120 Å². The molecule has 1 aromatic carbocycles. The maximum atomic E-state index is 14.3. The number of phenols is 1. The van der Waals surface area contributed by atoms with Crippen molar-refractivity contribution in [3.63, 3.8) is 0 Å². The van der Waals surface area contributed by atoms with E-state index in [-0.39, 0.29) is 92.3 Å². The fourth-order valence-electron chi connectivity index (χ4n) is 7.14. The smallest absolute Gasteiger partial charge is 0.244 e. The number of primary amides is 2. The summed E-state index contributed by atoms with van der Waals surface area (Å²) < 4.78 is 0. The summed E-state index contributed by atoms with van der Waals surface area (Å²) in [5, 5.41) is 30.5. The maximum absolute atomic E-state index is 14.3. The molecule has 0 aliphatic carbocycles. The van der Waals surface area contributed by atoms with Crippen molar-refractivity contribution in [1.29, 1.82) is 0 Å². The highest BCUT2D eigenvalue weighted by molar-refractivity contribution is 8.77. The molecule has 2 saturated heterocycles. The molecule has 2 aliphatic heterocycles. The van der Waals surface area contributed by atoms with Gasteiger partial charge in [-0.3, -0.25) is 57.9 Å². The van der Waals surface area contributed by atoms with Gasteiger partial charge in [0.1, 0.15) is 54.1 Å². The zero-order chi connectivity index (χ0) is 56.5. The number of nitrogens with two attached hydrogens (primary N) is 7. The predicted octanol–water partition coefficient (Wildman–Crippen LogP) is -5.17. The number of nitrogens with one attached hydrogen (secondary N) is 8. The molecule has 0 spiro atoms. The Labute approximate surface area is 455 Å². The van der Waals surface area contributed by atoms with Crippen LogP contribution in [0.1, 0.15) is 64.4 Å². The lowest BCUT2D eigenvalue weighted by Crippen LogP contribution is -2.62. The minimum Gasteiger partial charge on any atom is -0.508 e. The molecular weight excluding hydrogens is 1070 g/mol. The lowest BCUT2D eigenvalue weighted by atomic mass is 9.97. The molecule has 0 bridgehead atoms. The predicted molar refractivity (Wildman–Crippen MR) is 292 cm³/mol. The van der Waals surface area contributed by atoms with Crippen molar-refractivity contribution in [2.75, 3.05) is 36.1 Å². The molecule has 2 aliphatic rings. The SMILES string of the molecule is CC[C@H](C)[C@H](NC(=O)[C@H](CCC(N)=O)NC(=O)[C@H](CCCN=C(N)N)NC(=O)[C@H](CCCN=C(N)N)NC(=O)[C@@H]1CSSC[C@H](NC(=O)[C@@H](N)Cc2ccc(O)cc2)C(=O)N1)C(=O)N[C@H]1CSSC[C@@H](C(N)=O)NC1=O. The summed E-state index contributed by atoms with van der Waals surface area (Å²) >= 11 is 0. The Morgan fingerprint density at radius 2 is 1.11 bits per heavy atom. The first kappa shape index (κ1) is 63.9. The summed E-state index contributed by atoms with van der Waals surface area (Å²) in [5.41, 5.74) is 39.7. The third kappa shape index (κ3) is 22.8. The van der Waals surface area contributed by atoms with Gasteiger partial charge in [-0.15, -0.1) is 0 Å². The summed E-state index contributed by atoms with van der Waals surface area (Å²) in [6.45, 7) is 3.45. The summed E-state index contributed by atoms with van der Waals surface area (Å²) in [6, 6.07) is -5.03. The van der Waals surface area contributed by atoms with E-state index in [4.69, 9.17) is 40.1 Å². The lowest BCUT2D eigenvalue weighted by molar-refractivity contribution is -0.136. The third-order valence-electron chi connectivity index (χ3n) is 11.7. The van der Waals surface area contributed by atoms with Crippen LogP contribution >= 0.6 is 43.2 Å². The molecule has 0 unspecified atom stereocenters. The molecule has 0 radical (unpaired) electrons. The van der Waals surface area contributed by atoms with Crippen molar-refractivity contribution in [1.82, 2.24) is 42.5 Å². The number of amides is 10. The average Bonchev–Trinajstić information content (AvgIpc) is 3.35. The van der Waals surface area contributed by atoms with Gasteiger partial charge >= 0.3 is 0 Å². The van der Waals surface area contributed by atoms with Crippen LogP contribution in [0.4, 0.5) is 0 Å². The van der Waals surface area contributed by atoms with Crippen LogP contribution in [0.15, 0.2) is 34.3 Å². The number of carbonyl (C=O) groups excluding carboxylic acids is 10. The standard InChI is InChI=1S/C44H71N17O11S4/c1-3-21(2)33(42(72)60-31-20-74-73-17-28(34(47)64)57-40(31)70)61-38(68)27(12-13-32(46)63)56-37(67)25(6-4-14-52-43(48)49)54-36(66)26(7-5-15-53-44(50)51)55-39(69)30-19-76-75-18-29(41(71)59-30)58-35(65)24(45)16-22-8-10-23(62)11-9-22/h8-11,21,24-31,33,62H,3-7,12-20,45H2,1-2H3,(H2,46,63)(H2,47,64)(H,54,66)(H,55,69)(H,56,67)(H,57,70)(H,58,65)(H,59,71)(H,60,72)(H,61,68)(H4,48,49,52)(H4,50,51,53)/t21-,24-,25-,26-,27-,28-,29-,30-,31-,33-/m0/s1. The highest BCUT2D eigenvalue weighted by atomic mass is 33.1. The van der Waals surface area contributed by atoms with Gasteiger partial charge in [0.15, 0.2) is 11.9 Å². The minimum absolute atomic E-state index is 0.000204. The van der Waals surface area contributed by atoms with Crippen LogP contribution in [0, 0.1) is 5.92 Å². The number of hydrogen-bond acceptors (Lipinski definition) is 18. The zero-order valence-corrected chi connectivity index (χ0v) is 45.3. The summed E-state index contributed by atoms with van der Waals surface area (Å²) in [4.78, 5) is 142. The Balaban J connectivity index is 1.85. The van der Waals surface area contributed by atoms with E-state index in [1.807, 2.05) is 0 Å². The molecule has 10 amide bonds. The Hall–Kier alpha value is -6.38. The number of hydrogen-bond donors (Lipinski definition) is 16. The number of aromatic hydroxyl groups is 1. The number of phenolic OH excluding ortho intramolecular Hbond substituents is 1. The van der Waals surface area contributed by atoms with E-state index in [0.717, 1.165) is 0 Å². The largest absolute Gasteiger partial charge is 0.508 e. The molecule has 0 saturated carbocycles. The van der Waals surface area contributed by atoms with Crippen LogP contribution < -0.4 is 82.7 Å². The summed E-state index contributed by atoms with van der Waals surface area (Å²) in [5.74, 6) is -8.35. The first-order valence-corrected chi connectivity index (χ1v) is 29.1. The highest BCUT2D eigenvalue weighted by Crippen LogP contribution is 2.26. The van der Waals surface area contributed by atoms with Crippen molar-refractivity contribution >= 4 is 114 Å². The molecule has 10 atom stereocenters. The molecular formula is C44H71N17O11S4. The normalized spacial score (nSPS) is 20.1. The topological polar surface area (TPSA) is 494 Å². The Morgan fingerprint density at radius 1 is 0.645 bits per heavy atom. The molecule has 2 fully saturated rings. The van der Waals surface area contributed by atoms with Crippen molar-refractivity contribution < 1.29 is 53.1 Å². The number of nitrogens with zero attached hydrogens (tertiary/aromatic N) is 2. The Kier molecular flexibility index (Phi) is 27.7. The zero-order valence-electron chi connectivity index (χ0n) is 42.1. The molecule has 1 aromatic rings. The molecule has 76 heavy (non-hydrogen) atoms. The van der Waals surface area contributed by atoms with Gasteiger partial charge in [-0.05, 0) is 62.1 Å². The van der Waals surface area contributed by atoms with Crippen LogP contribution in [0.3, 0.4) is 0 Å². The van der Waals surface area contributed by atoms with E-state index < -0.39 is 126 Å². The number of aliphatic imine (C=N–C) groups is 2. The first-order valence-electron chi connectivity index (χ1n) is 24.1. The molecule has 28 nitrogen and oxygen atoms in total. The van der Waals surface area contributed by atoms with E-state index in [9.17, 15) is 53.1 Å². The number of carbonyl (C=O) groups is 10. The van der Waals surface area contributed by atoms with Crippen molar-refractivity contribution in [3.8, 4) is 5.75 Å². The van der Waals surface area contributed by atoms with Gasteiger partial charge < -0.3 is 87.8 Å². The van der Waals surface area contributed by atoms with Gasteiger partial charge in [-0.2, -0.15) is 0 Å². The van der Waals surface area contributed by atoms with E-state index in [0.29, 0.717) is 12.0 Å². The second-order valence-electron chi connectivity index (χ2n) is 17.7. The van der Waals surface area contributed by atoms with E-state index in [1.165, 1.54) is 55.3 Å². The Bertz CT molecular complexity index is 2260. The van der Waals surface area contributed by atoms with Crippen LogP contribution in [-0.4, -0.2) is 167 Å². The maximum Gasteiger partial charge on any atom is 0.244 e. The summed E-state index contributed by atoms with van der Waals surface area (Å²) in [6.07, 6.45) is -0.292. The highest BCUT2D eigenvalue weighted by Gasteiger charge is 2.37. The van der Waals surface area contributed by atoms with Gasteiger partial charge in [0.05, 0.1) is 6.04 Å². The number of benzene rings is 1. The monoisotopic (exact) mass is 1140 g/mol. The molecule has 23 N–H and O–H groups in total. The quantitative estimate of drug-likeness (QED) is 0.0161. The Morgan fingerprint density at radius 3 is 1.61 bits per heavy atom. The first-order chi connectivity index (χ1) is 36.0. The molecule has 32 heteroatoms. The molecule has 3 rings (SSSR count). The van der Waals surface area contributed by atoms with E-state index in [2.05, 4.69) is 52.5 Å². The molecule has 2 heterocycles. The van der Waals surface area contributed by atoms with Crippen LogP contribution in [0.2, 0.25) is 0 Å². The number of rotatable bonds is 28. The van der Waals surface area contributed by atoms with Crippen molar-refractivity contribution in [3.05, 3.63) is 29.8 Å². The van der Waals surface area contributed by atoms with Crippen molar-refractivity contribution in [2.24, 2.45) is 56.0 Å². The molecule has 422 valence electrons. The van der Waals surface area contributed by atoms with Crippen LogP contribution in [0.25, 0.3) is 0 Å². The van der Waals surface area contributed by atoms with Gasteiger partial charge in [-0.1, -0.05) is 75.6 Å². The van der Waals surface area contributed by atoms with E-state index >= 15 is 0 Å². The van der Waals surface area contributed by atoms with Gasteiger partial charge in [0, 0.05) is 42.5 Å². The fourth-order valence-corrected chi connectivity index (χ4v) is 11.8. The average molecular weight is 1140 g/mol. The number of guanidine groups is 2.